The van der Waals surface area contributed by atoms with Gasteiger partial charge in [-0.05, 0) is 49.4 Å². The first kappa shape index (κ1) is 15.6. The van der Waals surface area contributed by atoms with Crippen molar-refractivity contribution in [3.63, 3.8) is 0 Å². The summed E-state index contributed by atoms with van der Waals surface area (Å²) in [6, 6.07) is 3.66. The third kappa shape index (κ3) is 4.01. The molecule has 1 rings (SSSR count). The number of hydrogen-bond acceptors (Lipinski definition) is 1. The zero-order chi connectivity index (χ0) is 14.5. The second kappa shape index (κ2) is 6.64. The number of ether oxygens (including phenoxy) is 1. The first-order valence-corrected chi connectivity index (χ1v) is 6.30. The molecule has 0 amide bonds. The number of rotatable bonds is 5. The highest BCUT2D eigenvalue weighted by molar-refractivity contribution is 5.41. The van der Waals surface area contributed by atoms with E-state index in [2.05, 4.69) is 0 Å². The van der Waals surface area contributed by atoms with E-state index in [1.54, 1.807) is 0 Å². The molecule has 0 heterocycles. The third-order valence-corrected chi connectivity index (χ3v) is 3.15. The number of halogens is 3. The van der Waals surface area contributed by atoms with Crippen LogP contribution in [0.1, 0.15) is 43.7 Å². The molecule has 0 N–H and O–H groups in total. The zero-order valence-corrected chi connectivity index (χ0v) is 11.4. The summed E-state index contributed by atoms with van der Waals surface area (Å²) in [4.78, 5) is 0. The van der Waals surface area contributed by atoms with E-state index >= 15 is 0 Å². The van der Waals surface area contributed by atoms with Gasteiger partial charge in [0.15, 0.2) is 0 Å². The maximum absolute atomic E-state index is 12.8. The molecule has 0 fully saturated rings. The molecule has 0 spiro atoms. The maximum Gasteiger partial charge on any atom is 0.416 e. The molecular weight excluding hydrogens is 253 g/mol. The van der Waals surface area contributed by atoms with E-state index in [4.69, 9.17) is 4.74 Å². The van der Waals surface area contributed by atoms with Gasteiger partial charge < -0.3 is 4.74 Å². The molecular formula is C15H19F3O. The van der Waals surface area contributed by atoms with E-state index < -0.39 is 11.7 Å². The van der Waals surface area contributed by atoms with Crippen LogP contribution in [0.25, 0.3) is 0 Å². The van der Waals surface area contributed by atoms with Crippen molar-refractivity contribution in [2.24, 2.45) is 0 Å². The summed E-state index contributed by atoms with van der Waals surface area (Å²) >= 11 is 0. The lowest BCUT2D eigenvalue weighted by molar-refractivity contribution is -0.137. The zero-order valence-electron chi connectivity index (χ0n) is 11.4. The maximum atomic E-state index is 12.8. The molecule has 0 saturated carbocycles. The Hall–Kier alpha value is -1.45. The standard InChI is InChI=1S/C15H19F3O/c1-4-6-7-11(5-2)13-10-12(15(16,17)18)8-9-14(13)19-3/h4,6,8-11H,5,7H2,1-3H3/b6-4-. The molecule has 1 atom stereocenters. The Morgan fingerprint density at radius 3 is 2.47 bits per heavy atom. The van der Waals surface area contributed by atoms with Gasteiger partial charge in [-0.25, -0.2) is 0 Å². The lowest BCUT2D eigenvalue weighted by Crippen LogP contribution is -2.08. The fourth-order valence-electron chi connectivity index (χ4n) is 2.04. The molecule has 1 aromatic rings. The summed E-state index contributed by atoms with van der Waals surface area (Å²) in [5, 5.41) is 0. The van der Waals surface area contributed by atoms with Crippen LogP contribution in [0.3, 0.4) is 0 Å². The first-order chi connectivity index (χ1) is 8.93. The van der Waals surface area contributed by atoms with E-state index in [0.717, 1.165) is 12.5 Å². The summed E-state index contributed by atoms with van der Waals surface area (Å²) in [6.45, 7) is 3.87. The SMILES string of the molecule is C/C=C\CC(CC)c1cc(C(F)(F)F)ccc1OC. The molecule has 106 valence electrons. The van der Waals surface area contributed by atoms with Crippen molar-refractivity contribution >= 4 is 0 Å². The van der Waals surface area contributed by atoms with Crippen LogP contribution in [0.15, 0.2) is 30.4 Å². The van der Waals surface area contributed by atoms with E-state index in [-0.39, 0.29) is 5.92 Å². The molecule has 4 heteroatoms. The van der Waals surface area contributed by atoms with Gasteiger partial charge in [0.1, 0.15) is 5.75 Å². The molecule has 0 radical (unpaired) electrons. The summed E-state index contributed by atoms with van der Waals surface area (Å²) < 4.78 is 43.5. The second-order valence-corrected chi connectivity index (χ2v) is 4.36. The number of methoxy groups -OCH3 is 1. The Bertz CT molecular complexity index is 436. The van der Waals surface area contributed by atoms with Crippen molar-refractivity contribution in [3.05, 3.63) is 41.5 Å². The monoisotopic (exact) mass is 272 g/mol. The third-order valence-electron chi connectivity index (χ3n) is 3.15. The highest BCUT2D eigenvalue weighted by Crippen LogP contribution is 2.37. The normalized spacial score (nSPS) is 13.8. The van der Waals surface area contributed by atoms with Crippen molar-refractivity contribution in [3.8, 4) is 5.75 Å². The van der Waals surface area contributed by atoms with E-state index in [9.17, 15) is 13.2 Å². The van der Waals surface area contributed by atoms with Crippen molar-refractivity contribution in [1.29, 1.82) is 0 Å². The Labute approximate surface area is 112 Å². The van der Waals surface area contributed by atoms with Gasteiger partial charge in [-0.15, -0.1) is 0 Å². The predicted octanol–water partition coefficient (Wildman–Crippen LogP) is 5.17. The second-order valence-electron chi connectivity index (χ2n) is 4.36. The van der Waals surface area contributed by atoms with Crippen molar-refractivity contribution in [2.45, 2.75) is 38.8 Å². The number of benzene rings is 1. The first-order valence-electron chi connectivity index (χ1n) is 6.30. The molecule has 1 unspecified atom stereocenters. The lowest BCUT2D eigenvalue weighted by Gasteiger charge is -2.19. The Balaban J connectivity index is 3.20. The van der Waals surface area contributed by atoms with Crippen LogP contribution in [-0.2, 0) is 6.18 Å². The number of hydrogen-bond donors (Lipinski definition) is 0. The largest absolute Gasteiger partial charge is 0.496 e. The Morgan fingerprint density at radius 2 is 2.00 bits per heavy atom. The van der Waals surface area contributed by atoms with Crippen LogP contribution >= 0.6 is 0 Å². The van der Waals surface area contributed by atoms with Crippen LogP contribution in [0.5, 0.6) is 5.75 Å². The molecule has 1 nitrogen and oxygen atoms in total. The average Bonchev–Trinajstić information content (AvgIpc) is 2.38. The number of allylic oxidation sites excluding steroid dienone is 2. The van der Waals surface area contributed by atoms with Gasteiger partial charge in [0.2, 0.25) is 0 Å². The van der Waals surface area contributed by atoms with Crippen LogP contribution in [-0.4, -0.2) is 7.11 Å². The molecule has 1 aromatic carbocycles. The molecule has 0 bridgehead atoms. The van der Waals surface area contributed by atoms with Gasteiger partial charge in [0.05, 0.1) is 12.7 Å². The molecule has 0 aliphatic carbocycles. The molecule has 0 aliphatic rings. The van der Waals surface area contributed by atoms with Crippen LogP contribution in [0.2, 0.25) is 0 Å². The smallest absolute Gasteiger partial charge is 0.416 e. The molecule has 0 saturated heterocycles. The van der Waals surface area contributed by atoms with Crippen molar-refractivity contribution in [1.82, 2.24) is 0 Å². The quantitative estimate of drug-likeness (QED) is 0.671. The fraction of sp³-hybridized carbons (Fsp3) is 0.467. The molecule has 0 aliphatic heterocycles. The van der Waals surface area contributed by atoms with E-state index in [1.165, 1.54) is 19.2 Å². The summed E-state index contributed by atoms with van der Waals surface area (Å²) in [5.41, 5.74) is 0.000142. The minimum absolute atomic E-state index is 0.0356. The minimum Gasteiger partial charge on any atom is -0.496 e. The summed E-state index contributed by atoms with van der Waals surface area (Å²) in [5.74, 6) is 0.554. The van der Waals surface area contributed by atoms with Gasteiger partial charge in [-0.1, -0.05) is 19.1 Å². The van der Waals surface area contributed by atoms with Crippen molar-refractivity contribution < 1.29 is 17.9 Å². The van der Waals surface area contributed by atoms with Gasteiger partial charge in [-0.2, -0.15) is 13.2 Å². The Kier molecular flexibility index (Phi) is 5.45. The summed E-state index contributed by atoms with van der Waals surface area (Å²) in [7, 11) is 1.48. The van der Waals surface area contributed by atoms with Gasteiger partial charge in [0, 0.05) is 0 Å². The molecule has 19 heavy (non-hydrogen) atoms. The number of alkyl halides is 3. The van der Waals surface area contributed by atoms with Crippen LogP contribution in [0, 0.1) is 0 Å². The average molecular weight is 272 g/mol. The predicted molar refractivity (Wildman–Crippen MR) is 70.5 cm³/mol. The van der Waals surface area contributed by atoms with E-state index in [0.29, 0.717) is 17.7 Å². The topological polar surface area (TPSA) is 9.23 Å². The highest BCUT2D eigenvalue weighted by Gasteiger charge is 2.31. The minimum atomic E-state index is -4.32. The van der Waals surface area contributed by atoms with Gasteiger partial charge in [0.25, 0.3) is 0 Å². The fourth-order valence-corrected chi connectivity index (χ4v) is 2.04. The van der Waals surface area contributed by atoms with E-state index in [1.807, 2.05) is 26.0 Å². The highest BCUT2D eigenvalue weighted by atomic mass is 19.4. The van der Waals surface area contributed by atoms with Crippen LogP contribution in [0.4, 0.5) is 13.2 Å². The van der Waals surface area contributed by atoms with Gasteiger partial charge >= 0.3 is 6.18 Å². The lowest BCUT2D eigenvalue weighted by atomic mass is 9.91. The van der Waals surface area contributed by atoms with Gasteiger partial charge in [-0.3, -0.25) is 0 Å². The summed E-state index contributed by atoms with van der Waals surface area (Å²) in [6.07, 6.45) is 1.03. The molecule has 0 aromatic heterocycles. The van der Waals surface area contributed by atoms with Crippen LogP contribution < -0.4 is 4.74 Å². The van der Waals surface area contributed by atoms with Crippen molar-refractivity contribution in [2.75, 3.05) is 7.11 Å². The Morgan fingerprint density at radius 1 is 1.32 bits per heavy atom.